The predicted molar refractivity (Wildman–Crippen MR) is 102 cm³/mol. The average Bonchev–Trinajstić information content (AvgIpc) is 2.97. The van der Waals surface area contributed by atoms with Crippen molar-refractivity contribution >= 4 is 32.4 Å². The van der Waals surface area contributed by atoms with Gasteiger partial charge >= 0.3 is 0 Å². The van der Waals surface area contributed by atoms with Gasteiger partial charge in [-0.1, -0.05) is 30.3 Å². The molecule has 0 bridgehead atoms. The van der Waals surface area contributed by atoms with Crippen molar-refractivity contribution in [1.82, 2.24) is 10.2 Å². The number of fused-ring (bicyclic) bond motifs is 1. The molecule has 1 fully saturated rings. The zero-order valence-electron chi connectivity index (χ0n) is 15.1. The van der Waals surface area contributed by atoms with E-state index < -0.39 is 9.84 Å². The number of hydrogen-bond acceptors (Lipinski definition) is 5. The first kappa shape index (κ1) is 19.2. The third-order valence-corrected chi connectivity index (χ3v) is 6.26. The van der Waals surface area contributed by atoms with E-state index in [1.807, 2.05) is 36.4 Å². The maximum Gasteiger partial charge on any atom is 0.260 e. The SMILES string of the molecule is CN(CC(=O)N[C@@H]1CCS(=O)(=O)C1)C(=O)COc1ccc2ccccc2c1. The number of carbonyl (C=O) groups excluding carboxylic acids is 2. The Hall–Kier alpha value is -2.61. The van der Waals surface area contributed by atoms with E-state index >= 15 is 0 Å². The Bertz CT molecular complexity index is 957. The van der Waals surface area contributed by atoms with Crippen LogP contribution in [0.5, 0.6) is 5.75 Å². The van der Waals surface area contributed by atoms with Crippen molar-refractivity contribution in [3.05, 3.63) is 42.5 Å². The molecule has 0 aliphatic carbocycles. The summed E-state index contributed by atoms with van der Waals surface area (Å²) < 4.78 is 28.4. The van der Waals surface area contributed by atoms with Crippen LogP contribution in [0.1, 0.15) is 6.42 Å². The van der Waals surface area contributed by atoms with E-state index in [0.29, 0.717) is 12.2 Å². The van der Waals surface area contributed by atoms with Gasteiger partial charge in [0.1, 0.15) is 5.75 Å². The molecule has 3 rings (SSSR count). The summed E-state index contributed by atoms with van der Waals surface area (Å²) in [6.07, 6.45) is 0.414. The first-order valence-corrected chi connectivity index (χ1v) is 10.5. The van der Waals surface area contributed by atoms with Crippen molar-refractivity contribution in [3.63, 3.8) is 0 Å². The minimum Gasteiger partial charge on any atom is -0.484 e. The minimum absolute atomic E-state index is 0.0402. The second-order valence-electron chi connectivity index (χ2n) is 6.71. The van der Waals surface area contributed by atoms with Crippen molar-refractivity contribution in [2.75, 3.05) is 31.7 Å². The maximum atomic E-state index is 12.2. The van der Waals surface area contributed by atoms with E-state index in [1.54, 1.807) is 6.07 Å². The zero-order valence-corrected chi connectivity index (χ0v) is 15.9. The molecule has 1 atom stereocenters. The van der Waals surface area contributed by atoms with Gasteiger partial charge in [0.25, 0.3) is 5.91 Å². The van der Waals surface area contributed by atoms with Gasteiger partial charge < -0.3 is 15.0 Å². The summed E-state index contributed by atoms with van der Waals surface area (Å²) in [5.74, 6) is -0.0829. The van der Waals surface area contributed by atoms with Crippen LogP contribution in [-0.2, 0) is 19.4 Å². The van der Waals surface area contributed by atoms with Crippen LogP contribution < -0.4 is 10.1 Å². The number of hydrogen-bond donors (Lipinski definition) is 1. The van der Waals surface area contributed by atoms with Crippen molar-refractivity contribution in [2.45, 2.75) is 12.5 Å². The smallest absolute Gasteiger partial charge is 0.260 e. The number of carbonyl (C=O) groups is 2. The molecule has 0 radical (unpaired) electrons. The fraction of sp³-hybridized carbons (Fsp3) is 0.368. The molecule has 1 heterocycles. The zero-order chi connectivity index (χ0) is 19.4. The number of amides is 2. The Morgan fingerprint density at radius 3 is 2.63 bits per heavy atom. The standard InChI is InChI=1S/C19H22N2O5S/c1-21(11-18(22)20-16-8-9-27(24,25)13-16)19(23)12-26-17-7-6-14-4-2-3-5-15(14)10-17/h2-7,10,16H,8-9,11-13H2,1H3,(H,20,22)/t16-/m1/s1. The highest BCUT2D eigenvalue weighted by Crippen LogP contribution is 2.20. The van der Waals surface area contributed by atoms with E-state index in [4.69, 9.17) is 4.74 Å². The van der Waals surface area contributed by atoms with Crippen molar-refractivity contribution < 1.29 is 22.7 Å². The third-order valence-electron chi connectivity index (χ3n) is 4.49. The Morgan fingerprint density at radius 2 is 1.93 bits per heavy atom. The Labute approximate surface area is 158 Å². The van der Waals surface area contributed by atoms with Crippen LogP contribution in [0.4, 0.5) is 0 Å². The maximum absolute atomic E-state index is 12.2. The molecule has 1 N–H and O–H groups in total. The molecule has 0 aromatic heterocycles. The molecule has 27 heavy (non-hydrogen) atoms. The van der Waals surface area contributed by atoms with Crippen LogP contribution in [0.2, 0.25) is 0 Å². The van der Waals surface area contributed by atoms with E-state index in [1.165, 1.54) is 11.9 Å². The van der Waals surface area contributed by atoms with Gasteiger partial charge in [0.05, 0.1) is 18.1 Å². The molecular formula is C19H22N2O5S. The molecular weight excluding hydrogens is 368 g/mol. The van der Waals surface area contributed by atoms with Gasteiger partial charge in [0.15, 0.2) is 16.4 Å². The molecule has 2 aromatic carbocycles. The number of likely N-dealkylation sites (N-methyl/N-ethyl adjacent to an activating group) is 1. The lowest BCUT2D eigenvalue weighted by molar-refractivity contribution is -0.136. The highest BCUT2D eigenvalue weighted by Gasteiger charge is 2.29. The lowest BCUT2D eigenvalue weighted by atomic mass is 10.1. The Kier molecular flexibility index (Phi) is 5.65. The highest BCUT2D eigenvalue weighted by atomic mass is 32.2. The number of benzene rings is 2. The quantitative estimate of drug-likeness (QED) is 0.794. The molecule has 2 amide bonds. The molecule has 1 aliphatic rings. The molecule has 144 valence electrons. The monoisotopic (exact) mass is 390 g/mol. The summed E-state index contributed by atoms with van der Waals surface area (Å²) in [4.78, 5) is 25.4. The van der Waals surface area contributed by atoms with Gasteiger partial charge in [-0.25, -0.2) is 8.42 Å². The van der Waals surface area contributed by atoms with Crippen LogP contribution in [0.25, 0.3) is 10.8 Å². The van der Waals surface area contributed by atoms with Crippen LogP contribution >= 0.6 is 0 Å². The van der Waals surface area contributed by atoms with Gasteiger partial charge in [-0.2, -0.15) is 0 Å². The first-order chi connectivity index (χ1) is 12.8. The molecule has 0 saturated carbocycles. The number of rotatable bonds is 6. The van der Waals surface area contributed by atoms with Gasteiger partial charge in [-0.15, -0.1) is 0 Å². The average molecular weight is 390 g/mol. The highest BCUT2D eigenvalue weighted by molar-refractivity contribution is 7.91. The van der Waals surface area contributed by atoms with E-state index in [2.05, 4.69) is 5.32 Å². The lowest BCUT2D eigenvalue weighted by Gasteiger charge is -2.18. The van der Waals surface area contributed by atoms with Gasteiger partial charge in [0.2, 0.25) is 5.91 Å². The molecule has 8 heteroatoms. The minimum atomic E-state index is -3.06. The van der Waals surface area contributed by atoms with Gasteiger partial charge in [-0.3, -0.25) is 9.59 Å². The van der Waals surface area contributed by atoms with Crippen molar-refractivity contribution in [3.8, 4) is 5.75 Å². The second kappa shape index (κ2) is 7.96. The largest absolute Gasteiger partial charge is 0.484 e. The number of ether oxygens (including phenoxy) is 1. The van der Waals surface area contributed by atoms with E-state index in [9.17, 15) is 18.0 Å². The van der Waals surface area contributed by atoms with Crippen LogP contribution in [-0.4, -0.2) is 62.9 Å². The Balaban J connectivity index is 1.47. The molecule has 1 saturated heterocycles. The van der Waals surface area contributed by atoms with E-state index in [-0.39, 0.29) is 42.5 Å². The first-order valence-electron chi connectivity index (χ1n) is 8.68. The number of sulfone groups is 1. The Morgan fingerprint density at radius 1 is 1.19 bits per heavy atom. The molecule has 0 spiro atoms. The van der Waals surface area contributed by atoms with Crippen molar-refractivity contribution in [1.29, 1.82) is 0 Å². The summed E-state index contributed by atoms with van der Waals surface area (Å²) in [5.41, 5.74) is 0. The fourth-order valence-corrected chi connectivity index (χ4v) is 4.67. The molecule has 7 nitrogen and oxygen atoms in total. The normalized spacial score (nSPS) is 18.2. The lowest BCUT2D eigenvalue weighted by Crippen LogP contribution is -2.44. The van der Waals surface area contributed by atoms with Crippen LogP contribution in [0.3, 0.4) is 0 Å². The molecule has 1 aliphatic heterocycles. The summed E-state index contributed by atoms with van der Waals surface area (Å²) in [6.45, 7) is -0.323. The number of nitrogens with zero attached hydrogens (tertiary/aromatic N) is 1. The fourth-order valence-electron chi connectivity index (χ4n) is 3.00. The summed E-state index contributed by atoms with van der Waals surface area (Å²) in [5, 5.41) is 4.76. The van der Waals surface area contributed by atoms with Gasteiger partial charge in [0, 0.05) is 13.1 Å². The number of nitrogens with one attached hydrogen (secondary N) is 1. The molecule has 0 unspecified atom stereocenters. The second-order valence-corrected chi connectivity index (χ2v) is 8.94. The summed E-state index contributed by atoms with van der Waals surface area (Å²) in [7, 11) is -1.55. The van der Waals surface area contributed by atoms with E-state index in [0.717, 1.165) is 10.8 Å². The van der Waals surface area contributed by atoms with Gasteiger partial charge in [-0.05, 0) is 29.3 Å². The topological polar surface area (TPSA) is 92.8 Å². The summed E-state index contributed by atoms with van der Waals surface area (Å²) in [6, 6.07) is 13.0. The van der Waals surface area contributed by atoms with Crippen LogP contribution in [0.15, 0.2) is 42.5 Å². The summed E-state index contributed by atoms with van der Waals surface area (Å²) >= 11 is 0. The van der Waals surface area contributed by atoms with Crippen LogP contribution in [0, 0.1) is 0 Å². The predicted octanol–water partition coefficient (Wildman–Crippen LogP) is 0.980. The van der Waals surface area contributed by atoms with Crippen molar-refractivity contribution in [2.24, 2.45) is 0 Å². The molecule has 2 aromatic rings. The third kappa shape index (κ3) is 5.19.